The Morgan fingerprint density at radius 1 is 1.13 bits per heavy atom. The van der Waals surface area contributed by atoms with E-state index >= 15 is 0 Å². The van der Waals surface area contributed by atoms with Gasteiger partial charge in [0.15, 0.2) is 0 Å². The van der Waals surface area contributed by atoms with Gasteiger partial charge in [0.2, 0.25) is 0 Å². The molecule has 8 heteroatoms. The summed E-state index contributed by atoms with van der Waals surface area (Å²) in [7, 11) is 2.07. The van der Waals surface area contributed by atoms with Crippen LogP contribution in [0.4, 0.5) is 0 Å². The molecule has 30 heavy (non-hydrogen) atoms. The number of aromatic nitrogens is 2. The maximum Gasteiger partial charge on any atom is 0.259 e. The molecule has 0 radical (unpaired) electrons. The summed E-state index contributed by atoms with van der Waals surface area (Å²) in [5.41, 5.74) is 2.70. The molecule has 0 N–H and O–H groups in total. The minimum atomic E-state index is -0.0932. The monoisotopic (exact) mass is 411 g/mol. The van der Waals surface area contributed by atoms with Crippen molar-refractivity contribution in [3.63, 3.8) is 0 Å². The van der Waals surface area contributed by atoms with E-state index in [1.807, 2.05) is 28.9 Å². The van der Waals surface area contributed by atoms with Crippen LogP contribution in [0.1, 0.15) is 63.7 Å². The van der Waals surface area contributed by atoms with Crippen LogP contribution in [0, 0.1) is 6.92 Å². The summed E-state index contributed by atoms with van der Waals surface area (Å²) in [4.78, 5) is 36.5. The third-order valence-corrected chi connectivity index (χ3v) is 6.16. The molecule has 160 valence electrons. The number of piperazine rings is 1. The Hall–Kier alpha value is -2.74. The smallest absolute Gasteiger partial charge is 0.259 e. The van der Waals surface area contributed by atoms with E-state index in [4.69, 9.17) is 4.52 Å². The number of carbonyl (C=O) groups excluding carboxylic acids is 2. The van der Waals surface area contributed by atoms with Crippen LogP contribution in [-0.4, -0.2) is 76.4 Å². The van der Waals surface area contributed by atoms with Crippen molar-refractivity contribution in [1.29, 1.82) is 0 Å². The number of carbonyl (C=O) groups is 2. The fourth-order valence-corrected chi connectivity index (χ4v) is 4.32. The molecule has 0 bridgehead atoms. The van der Waals surface area contributed by atoms with Crippen LogP contribution < -0.4 is 0 Å². The predicted octanol–water partition coefficient (Wildman–Crippen LogP) is 2.31. The lowest BCUT2D eigenvalue weighted by atomic mass is 10.1. The highest BCUT2D eigenvalue weighted by molar-refractivity contribution is 5.96. The Morgan fingerprint density at radius 2 is 1.90 bits per heavy atom. The van der Waals surface area contributed by atoms with Crippen molar-refractivity contribution in [3.05, 3.63) is 46.6 Å². The summed E-state index contributed by atoms with van der Waals surface area (Å²) in [5.74, 6) is 0.533. The lowest BCUT2D eigenvalue weighted by Gasteiger charge is -2.32. The number of hydrogen-bond acceptors (Lipinski definition) is 6. The van der Waals surface area contributed by atoms with Crippen molar-refractivity contribution in [2.75, 3.05) is 39.8 Å². The minimum absolute atomic E-state index is 0.0224. The van der Waals surface area contributed by atoms with Gasteiger partial charge < -0.3 is 19.2 Å². The zero-order valence-electron chi connectivity index (χ0n) is 17.9. The number of aryl methyl sites for hydroxylation is 2. The Morgan fingerprint density at radius 3 is 2.57 bits per heavy atom. The van der Waals surface area contributed by atoms with Crippen molar-refractivity contribution in [3.8, 4) is 0 Å². The van der Waals surface area contributed by atoms with Crippen molar-refractivity contribution >= 4 is 11.8 Å². The maximum atomic E-state index is 13.2. The number of nitrogens with zero attached hydrogens (tertiary/aromatic N) is 5. The van der Waals surface area contributed by atoms with E-state index in [1.165, 1.54) is 0 Å². The van der Waals surface area contributed by atoms with Crippen LogP contribution in [0.5, 0.6) is 0 Å². The third kappa shape index (κ3) is 3.84. The molecule has 1 unspecified atom stereocenters. The topological polar surface area (TPSA) is 82.8 Å². The van der Waals surface area contributed by atoms with E-state index in [2.05, 4.69) is 22.1 Å². The summed E-state index contributed by atoms with van der Waals surface area (Å²) in [5, 5.41) is 4.02. The van der Waals surface area contributed by atoms with Crippen LogP contribution in [-0.2, 0) is 6.42 Å². The molecule has 2 saturated heterocycles. The van der Waals surface area contributed by atoms with Gasteiger partial charge in [-0.2, -0.15) is 0 Å². The fraction of sp³-hybridized carbons (Fsp3) is 0.545. The second kappa shape index (κ2) is 8.55. The molecular weight excluding hydrogens is 382 g/mol. The molecule has 0 aromatic carbocycles. The lowest BCUT2D eigenvalue weighted by molar-refractivity contribution is 0.0661. The molecular formula is C22H29N5O3. The van der Waals surface area contributed by atoms with Crippen molar-refractivity contribution in [2.45, 2.75) is 39.2 Å². The molecule has 2 aliphatic rings. The largest absolute Gasteiger partial charge is 0.361 e. The van der Waals surface area contributed by atoms with Crippen LogP contribution >= 0.6 is 0 Å². The molecule has 2 amide bonds. The van der Waals surface area contributed by atoms with E-state index < -0.39 is 0 Å². The highest BCUT2D eigenvalue weighted by atomic mass is 16.5. The second-order valence-corrected chi connectivity index (χ2v) is 8.14. The zero-order valence-corrected chi connectivity index (χ0v) is 17.9. The normalized spacial score (nSPS) is 20.0. The second-order valence-electron chi connectivity index (χ2n) is 8.14. The molecule has 2 aromatic heterocycles. The van der Waals surface area contributed by atoms with Gasteiger partial charge in [0, 0.05) is 38.9 Å². The highest BCUT2D eigenvalue weighted by Crippen LogP contribution is 2.33. The fourth-order valence-electron chi connectivity index (χ4n) is 4.32. The van der Waals surface area contributed by atoms with E-state index in [9.17, 15) is 9.59 Å². The molecule has 4 rings (SSSR count). The summed E-state index contributed by atoms with van der Waals surface area (Å²) in [6.07, 6.45) is 4.08. The minimum Gasteiger partial charge on any atom is -0.361 e. The lowest BCUT2D eigenvalue weighted by Crippen LogP contribution is -2.47. The Kier molecular flexibility index (Phi) is 5.85. The number of hydrogen-bond donors (Lipinski definition) is 0. The van der Waals surface area contributed by atoms with Gasteiger partial charge in [-0.25, -0.2) is 0 Å². The van der Waals surface area contributed by atoms with Gasteiger partial charge in [-0.1, -0.05) is 12.1 Å². The number of pyridine rings is 1. The summed E-state index contributed by atoms with van der Waals surface area (Å²) in [6, 6.07) is 3.64. The summed E-state index contributed by atoms with van der Waals surface area (Å²) >= 11 is 0. The zero-order chi connectivity index (χ0) is 21.3. The average Bonchev–Trinajstić information content (AvgIpc) is 3.40. The maximum absolute atomic E-state index is 13.2. The van der Waals surface area contributed by atoms with E-state index in [0.717, 1.165) is 44.7 Å². The highest BCUT2D eigenvalue weighted by Gasteiger charge is 2.34. The van der Waals surface area contributed by atoms with Gasteiger partial charge in [0.05, 0.1) is 23.0 Å². The van der Waals surface area contributed by atoms with Gasteiger partial charge >= 0.3 is 0 Å². The number of likely N-dealkylation sites (N-methyl/N-ethyl adjacent to an activating group) is 1. The quantitative estimate of drug-likeness (QED) is 0.768. The molecule has 0 spiro atoms. The molecule has 4 heterocycles. The number of rotatable bonds is 4. The van der Waals surface area contributed by atoms with Gasteiger partial charge in [-0.3, -0.25) is 14.6 Å². The SMILES string of the molecule is CCc1noc(C)c1C(=O)N1CCCC1c1ccc(C(=O)N2CCN(C)CC2)cn1. The Balaban J connectivity index is 1.50. The van der Waals surface area contributed by atoms with E-state index in [1.54, 1.807) is 13.1 Å². The first-order valence-corrected chi connectivity index (χ1v) is 10.7. The first-order valence-electron chi connectivity index (χ1n) is 10.7. The van der Waals surface area contributed by atoms with Gasteiger partial charge in [0.25, 0.3) is 11.8 Å². The summed E-state index contributed by atoms with van der Waals surface area (Å²) in [6.45, 7) is 7.67. The van der Waals surface area contributed by atoms with Crippen LogP contribution in [0.15, 0.2) is 22.9 Å². The average molecular weight is 412 g/mol. The Bertz CT molecular complexity index is 915. The van der Waals surface area contributed by atoms with Crippen LogP contribution in [0.3, 0.4) is 0 Å². The molecule has 0 saturated carbocycles. The summed E-state index contributed by atoms with van der Waals surface area (Å²) < 4.78 is 5.26. The number of likely N-dealkylation sites (tertiary alicyclic amines) is 1. The first kappa shape index (κ1) is 20.5. The van der Waals surface area contributed by atoms with Gasteiger partial charge in [0.1, 0.15) is 11.3 Å². The molecule has 8 nitrogen and oxygen atoms in total. The van der Waals surface area contributed by atoms with Crippen LogP contribution in [0.25, 0.3) is 0 Å². The van der Waals surface area contributed by atoms with Crippen molar-refractivity contribution in [1.82, 2.24) is 24.8 Å². The molecule has 1 atom stereocenters. The first-order chi connectivity index (χ1) is 14.5. The molecule has 0 aliphatic carbocycles. The van der Waals surface area contributed by atoms with Gasteiger partial charge in [-0.15, -0.1) is 0 Å². The van der Waals surface area contributed by atoms with Crippen molar-refractivity contribution in [2.24, 2.45) is 0 Å². The third-order valence-electron chi connectivity index (χ3n) is 6.16. The van der Waals surface area contributed by atoms with Gasteiger partial charge in [-0.05, 0) is 45.4 Å². The van der Waals surface area contributed by atoms with Crippen LogP contribution in [0.2, 0.25) is 0 Å². The number of amides is 2. The molecule has 2 fully saturated rings. The van der Waals surface area contributed by atoms with E-state index in [-0.39, 0.29) is 17.9 Å². The van der Waals surface area contributed by atoms with Crippen molar-refractivity contribution < 1.29 is 14.1 Å². The predicted molar refractivity (Wildman–Crippen MR) is 111 cm³/mol. The van der Waals surface area contributed by atoms with E-state index in [0.29, 0.717) is 35.5 Å². The molecule has 2 aromatic rings. The Labute approximate surface area is 176 Å². The standard InChI is InChI=1S/C22H29N5O3/c1-4-17-20(15(2)30-24-17)22(29)27-9-5-6-19(27)18-8-7-16(14-23-18)21(28)26-12-10-25(3)11-13-26/h7-8,14,19H,4-6,9-13H2,1-3H3. The molecule has 2 aliphatic heterocycles.